The monoisotopic (exact) mass is 468 g/mol. The van der Waals surface area contributed by atoms with Crippen LogP contribution in [0.1, 0.15) is 22.9 Å². The number of H-pyrrole nitrogens is 1. The van der Waals surface area contributed by atoms with Gasteiger partial charge in [-0.25, -0.2) is 0 Å². The van der Waals surface area contributed by atoms with Crippen LogP contribution in [0.4, 0.5) is 0 Å². The van der Waals surface area contributed by atoms with E-state index >= 15 is 0 Å². The summed E-state index contributed by atoms with van der Waals surface area (Å²) in [5, 5.41) is 12.1. The number of ether oxygens (including phenoxy) is 1. The second-order valence-corrected chi connectivity index (χ2v) is 8.33. The number of carbonyl (C=O) groups is 1. The third-order valence-electron chi connectivity index (χ3n) is 5.52. The Morgan fingerprint density at radius 1 is 1.03 bits per heavy atom. The Balaban J connectivity index is 0.000000230. The quantitative estimate of drug-likeness (QED) is 0.363. The molecule has 5 rings (SSSR count). The zero-order valence-corrected chi connectivity index (χ0v) is 18.9. The van der Waals surface area contributed by atoms with Crippen molar-refractivity contribution in [2.75, 3.05) is 13.7 Å². The molecule has 1 amide bonds. The van der Waals surface area contributed by atoms with E-state index in [1.54, 1.807) is 36.3 Å². The first-order valence-electron chi connectivity index (χ1n) is 10.1. The summed E-state index contributed by atoms with van der Waals surface area (Å²) in [6.45, 7) is 0.654. The highest BCUT2D eigenvalue weighted by Gasteiger charge is 2.30. The normalized spacial score (nSPS) is 15.0. The average molecular weight is 469 g/mol. The van der Waals surface area contributed by atoms with E-state index in [1.807, 2.05) is 42.5 Å². The van der Waals surface area contributed by atoms with Gasteiger partial charge in [-0.3, -0.25) is 4.79 Å². The fourth-order valence-electron chi connectivity index (χ4n) is 3.98. The number of phenols is 1. The second-order valence-electron chi connectivity index (χ2n) is 7.45. The Hall–Kier alpha value is -3.15. The number of nitrogens with zero attached hydrogens (tertiary/aromatic N) is 1. The minimum absolute atomic E-state index is 0.178. The van der Waals surface area contributed by atoms with Crippen LogP contribution in [0.2, 0.25) is 10.0 Å². The Bertz CT molecular complexity index is 1220. The van der Waals surface area contributed by atoms with Gasteiger partial charge in [0.15, 0.2) is 0 Å². The average Bonchev–Trinajstić information content (AvgIpc) is 3.18. The first-order chi connectivity index (χ1) is 15.5. The molecule has 0 aliphatic carbocycles. The molecule has 32 heavy (non-hydrogen) atoms. The molecule has 7 heteroatoms. The smallest absolute Gasteiger partial charge is 0.210 e. The van der Waals surface area contributed by atoms with E-state index in [4.69, 9.17) is 27.9 Å². The van der Waals surface area contributed by atoms with Crippen molar-refractivity contribution in [2.24, 2.45) is 0 Å². The molecule has 2 N–H and O–H groups in total. The van der Waals surface area contributed by atoms with Crippen molar-refractivity contribution >= 4 is 40.5 Å². The number of amides is 1. The predicted molar refractivity (Wildman–Crippen MR) is 128 cm³/mol. The number of aromatic hydroxyl groups is 1. The van der Waals surface area contributed by atoms with Crippen molar-refractivity contribution in [3.63, 3.8) is 0 Å². The maximum atomic E-state index is 11.5. The number of nitrogens with one attached hydrogen (secondary N) is 1. The number of hydrogen-bond donors (Lipinski definition) is 2. The van der Waals surface area contributed by atoms with Crippen LogP contribution in [0, 0.1) is 0 Å². The molecule has 0 radical (unpaired) electrons. The number of methoxy groups -OCH3 is 1. The van der Waals surface area contributed by atoms with Gasteiger partial charge in [0.25, 0.3) is 0 Å². The highest BCUT2D eigenvalue weighted by atomic mass is 35.5. The van der Waals surface area contributed by atoms with Crippen molar-refractivity contribution in [3.05, 3.63) is 93.6 Å². The maximum absolute atomic E-state index is 11.5. The zero-order valence-electron chi connectivity index (χ0n) is 17.4. The fraction of sp³-hybridized carbons (Fsp3) is 0.160. The minimum atomic E-state index is -0.178. The molecule has 0 saturated carbocycles. The molecule has 3 aromatic carbocycles. The molecule has 0 spiro atoms. The summed E-state index contributed by atoms with van der Waals surface area (Å²) in [5.41, 5.74) is 4.22. The van der Waals surface area contributed by atoms with Crippen molar-refractivity contribution < 1.29 is 14.6 Å². The van der Waals surface area contributed by atoms with E-state index in [2.05, 4.69) is 4.98 Å². The molecule has 4 aromatic rings. The van der Waals surface area contributed by atoms with Gasteiger partial charge in [0.05, 0.1) is 13.2 Å². The van der Waals surface area contributed by atoms with Crippen molar-refractivity contribution in [2.45, 2.75) is 12.5 Å². The Labute approximate surface area is 196 Å². The standard InChI is InChI=1S/C18H15ClN2O2.C7H7ClO/c19-12-3-6-16-15(9-12)14-7-8-21(10-22)18(17(14)20-16)11-1-4-13(23)5-2-11;1-9-7-4-2-6(8)3-5-7/h1-6,9-10,18,20,23H,7-8H2;2-5H,1H3. The summed E-state index contributed by atoms with van der Waals surface area (Å²) in [6.07, 6.45) is 1.68. The number of aromatic nitrogens is 1. The van der Waals surface area contributed by atoms with Gasteiger partial charge >= 0.3 is 0 Å². The van der Waals surface area contributed by atoms with Gasteiger partial charge < -0.3 is 19.7 Å². The van der Waals surface area contributed by atoms with E-state index in [1.165, 1.54) is 5.56 Å². The first kappa shape index (κ1) is 22.1. The fourth-order valence-corrected chi connectivity index (χ4v) is 4.28. The SMILES string of the molecule is COc1ccc(Cl)cc1.O=CN1CCc2c([nH]c3ccc(Cl)cc23)C1c1ccc(O)cc1. The van der Waals surface area contributed by atoms with E-state index < -0.39 is 0 Å². The highest BCUT2D eigenvalue weighted by Crippen LogP contribution is 2.38. The van der Waals surface area contributed by atoms with Crippen LogP contribution in [0.3, 0.4) is 0 Å². The lowest BCUT2D eigenvalue weighted by atomic mass is 9.93. The molecule has 0 fully saturated rings. The van der Waals surface area contributed by atoms with Crippen molar-refractivity contribution in [1.82, 2.24) is 9.88 Å². The number of benzene rings is 3. The number of phenolic OH excluding ortho intramolecular Hbond substituents is 1. The van der Waals surface area contributed by atoms with E-state index in [-0.39, 0.29) is 11.8 Å². The lowest BCUT2D eigenvalue weighted by Gasteiger charge is -2.33. The summed E-state index contributed by atoms with van der Waals surface area (Å²) in [5.74, 6) is 1.05. The molecule has 0 bridgehead atoms. The van der Waals surface area contributed by atoms with Gasteiger partial charge in [-0.2, -0.15) is 0 Å². The maximum Gasteiger partial charge on any atom is 0.210 e. The summed E-state index contributed by atoms with van der Waals surface area (Å²) >= 11 is 11.7. The van der Waals surface area contributed by atoms with Crippen LogP contribution in [0.25, 0.3) is 10.9 Å². The summed E-state index contributed by atoms with van der Waals surface area (Å²) in [6, 6.07) is 19.8. The lowest BCUT2D eigenvalue weighted by Crippen LogP contribution is -2.34. The molecule has 5 nitrogen and oxygen atoms in total. The van der Waals surface area contributed by atoms with Gasteiger partial charge in [0, 0.05) is 33.2 Å². The van der Waals surface area contributed by atoms with Crippen LogP contribution < -0.4 is 4.74 Å². The molecule has 2 heterocycles. The van der Waals surface area contributed by atoms with Crippen molar-refractivity contribution in [1.29, 1.82) is 0 Å². The summed E-state index contributed by atoms with van der Waals surface area (Å²) in [4.78, 5) is 16.8. The van der Waals surface area contributed by atoms with Crippen LogP contribution in [0.5, 0.6) is 11.5 Å². The lowest BCUT2D eigenvalue weighted by molar-refractivity contribution is -0.120. The summed E-state index contributed by atoms with van der Waals surface area (Å²) in [7, 11) is 1.63. The summed E-state index contributed by atoms with van der Waals surface area (Å²) < 4.78 is 4.91. The zero-order chi connectivity index (χ0) is 22.7. The van der Waals surface area contributed by atoms with Crippen LogP contribution >= 0.6 is 23.2 Å². The third-order valence-corrected chi connectivity index (χ3v) is 6.01. The van der Waals surface area contributed by atoms with Gasteiger partial charge in [-0.05, 0) is 72.1 Å². The molecule has 1 aliphatic heterocycles. The molecule has 1 aromatic heterocycles. The largest absolute Gasteiger partial charge is 0.508 e. The molecular weight excluding hydrogens is 447 g/mol. The molecule has 164 valence electrons. The Morgan fingerprint density at radius 2 is 1.72 bits per heavy atom. The van der Waals surface area contributed by atoms with Crippen LogP contribution in [0.15, 0.2) is 66.7 Å². The second kappa shape index (κ2) is 9.55. The molecule has 0 saturated heterocycles. The molecule has 1 unspecified atom stereocenters. The number of rotatable bonds is 3. The van der Waals surface area contributed by atoms with Gasteiger partial charge in [0.2, 0.25) is 6.41 Å². The highest BCUT2D eigenvalue weighted by molar-refractivity contribution is 6.31. The first-order valence-corrected chi connectivity index (χ1v) is 10.8. The number of aromatic amines is 1. The molecule has 1 atom stereocenters. The Morgan fingerprint density at radius 3 is 2.38 bits per heavy atom. The van der Waals surface area contributed by atoms with E-state index in [9.17, 15) is 9.90 Å². The van der Waals surface area contributed by atoms with E-state index in [0.29, 0.717) is 11.6 Å². The molecule has 1 aliphatic rings. The third kappa shape index (κ3) is 4.54. The minimum Gasteiger partial charge on any atom is -0.508 e. The van der Waals surface area contributed by atoms with Gasteiger partial charge in [-0.1, -0.05) is 35.3 Å². The van der Waals surface area contributed by atoms with E-state index in [0.717, 1.165) is 45.8 Å². The van der Waals surface area contributed by atoms with Crippen molar-refractivity contribution in [3.8, 4) is 11.5 Å². The van der Waals surface area contributed by atoms with Gasteiger partial charge in [-0.15, -0.1) is 0 Å². The topological polar surface area (TPSA) is 65.6 Å². The number of fused-ring (bicyclic) bond motifs is 3. The van der Waals surface area contributed by atoms with Crippen LogP contribution in [-0.2, 0) is 11.2 Å². The Kier molecular flexibility index (Phi) is 6.58. The number of hydrogen-bond acceptors (Lipinski definition) is 3. The predicted octanol–water partition coefficient (Wildman–Crippen LogP) is 5.98. The van der Waals surface area contributed by atoms with Gasteiger partial charge in [0.1, 0.15) is 11.5 Å². The number of carbonyl (C=O) groups excluding carboxylic acids is 1. The number of halogens is 2. The van der Waals surface area contributed by atoms with Crippen LogP contribution in [-0.4, -0.2) is 35.1 Å². The molecular formula is C25H22Cl2N2O3.